The minimum absolute atomic E-state index is 0.337. The second kappa shape index (κ2) is 11.1. The van der Waals surface area contributed by atoms with Crippen LogP contribution in [0.4, 0.5) is 0 Å². The van der Waals surface area contributed by atoms with Gasteiger partial charge in [0.05, 0.1) is 19.3 Å². The molecule has 0 aliphatic carbocycles. The Bertz CT molecular complexity index is 620. The molecule has 2 aromatic rings. The normalized spacial score (nSPS) is 12.1. The highest BCUT2D eigenvalue weighted by Gasteiger charge is 2.06. The minimum Gasteiger partial charge on any atom is -0.491 e. The van der Waals surface area contributed by atoms with Crippen molar-refractivity contribution in [1.82, 2.24) is 5.32 Å². The molecule has 0 bridgehead atoms. The molecule has 136 valence electrons. The molecule has 0 amide bonds. The summed E-state index contributed by atoms with van der Waals surface area (Å²) in [6, 6.07) is 15.9. The van der Waals surface area contributed by atoms with Gasteiger partial charge in [-0.25, -0.2) is 0 Å². The molecule has 0 aromatic heterocycles. The van der Waals surface area contributed by atoms with Crippen molar-refractivity contribution in [3.63, 3.8) is 0 Å². The molecule has 25 heavy (non-hydrogen) atoms. The van der Waals surface area contributed by atoms with E-state index in [4.69, 9.17) is 26.2 Å². The van der Waals surface area contributed by atoms with Crippen molar-refractivity contribution in [2.75, 3.05) is 32.9 Å². The number of aliphatic hydroxyl groups excluding tert-OH is 1. The van der Waals surface area contributed by atoms with Crippen molar-refractivity contribution in [2.45, 2.75) is 19.4 Å². The highest BCUT2D eigenvalue weighted by molar-refractivity contribution is 6.30. The Hall–Kier alpha value is -1.59. The van der Waals surface area contributed by atoms with Crippen LogP contribution >= 0.6 is 11.6 Å². The van der Waals surface area contributed by atoms with Crippen LogP contribution < -0.4 is 10.1 Å². The van der Waals surface area contributed by atoms with E-state index >= 15 is 0 Å². The highest BCUT2D eigenvalue weighted by atomic mass is 35.5. The van der Waals surface area contributed by atoms with Crippen LogP contribution in [0.25, 0.3) is 0 Å². The van der Waals surface area contributed by atoms with E-state index in [-0.39, 0.29) is 6.10 Å². The molecule has 2 aromatic carbocycles. The quantitative estimate of drug-likeness (QED) is 0.601. The molecule has 0 fully saturated rings. The molecule has 2 N–H and O–H groups in total. The maximum atomic E-state index is 9.14. The number of halogens is 1. The van der Waals surface area contributed by atoms with E-state index in [1.807, 2.05) is 36.4 Å². The van der Waals surface area contributed by atoms with Gasteiger partial charge in [-0.15, -0.1) is 0 Å². The van der Waals surface area contributed by atoms with E-state index in [1.165, 1.54) is 5.56 Å². The number of hydrogen-bond acceptors (Lipinski definition) is 4. The summed E-state index contributed by atoms with van der Waals surface area (Å²) in [6.45, 7) is 4.64. The van der Waals surface area contributed by atoms with Gasteiger partial charge in [0.25, 0.3) is 0 Å². The fourth-order valence-electron chi connectivity index (χ4n) is 2.41. The summed E-state index contributed by atoms with van der Waals surface area (Å²) in [5.41, 5.74) is 2.28. The molecule has 1 atom stereocenters. The summed E-state index contributed by atoms with van der Waals surface area (Å²) >= 11 is 6.13. The average molecular weight is 364 g/mol. The fourth-order valence-corrected chi connectivity index (χ4v) is 2.61. The van der Waals surface area contributed by atoms with E-state index in [1.54, 1.807) is 6.92 Å². The zero-order valence-corrected chi connectivity index (χ0v) is 15.3. The minimum atomic E-state index is -0.337. The summed E-state index contributed by atoms with van der Waals surface area (Å²) in [7, 11) is 0. The van der Waals surface area contributed by atoms with Crippen LogP contribution in [-0.4, -0.2) is 44.1 Å². The highest BCUT2D eigenvalue weighted by Crippen LogP contribution is 2.25. The van der Waals surface area contributed by atoms with E-state index in [0.29, 0.717) is 37.9 Å². The monoisotopic (exact) mass is 363 g/mol. The molecule has 2 rings (SSSR count). The molecule has 5 heteroatoms. The zero-order chi connectivity index (χ0) is 17.9. The summed E-state index contributed by atoms with van der Waals surface area (Å²) in [4.78, 5) is 0. The number of aliphatic hydroxyl groups is 1. The van der Waals surface area contributed by atoms with Gasteiger partial charge in [-0.1, -0.05) is 41.9 Å². The first-order valence-corrected chi connectivity index (χ1v) is 8.94. The van der Waals surface area contributed by atoms with Gasteiger partial charge in [0.2, 0.25) is 0 Å². The number of ether oxygens (including phenoxy) is 2. The Kier molecular flexibility index (Phi) is 8.77. The molecule has 0 aliphatic heterocycles. The predicted molar refractivity (Wildman–Crippen MR) is 102 cm³/mol. The van der Waals surface area contributed by atoms with E-state index < -0.39 is 0 Å². The third kappa shape index (κ3) is 7.88. The van der Waals surface area contributed by atoms with Gasteiger partial charge >= 0.3 is 0 Å². The molecule has 0 aliphatic rings. The summed E-state index contributed by atoms with van der Waals surface area (Å²) in [6.07, 6.45) is 0.442. The molecule has 0 heterocycles. The lowest BCUT2D eigenvalue weighted by molar-refractivity contribution is 0.0988. The van der Waals surface area contributed by atoms with Crippen LogP contribution in [-0.2, 0) is 11.2 Å². The molecule has 0 spiro atoms. The second-order valence-electron chi connectivity index (χ2n) is 5.93. The van der Waals surface area contributed by atoms with Crippen molar-refractivity contribution in [3.8, 4) is 5.75 Å². The number of benzene rings is 2. The van der Waals surface area contributed by atoms with Gasteiger partial charge in [-0.05, 0) is 36.2 Å². The first-order chi connectivity index (χ1) is 12.1. The van der Waals surface area contributed by atoms with Gasteiger partial charge < -0.3 is 19.9 Å². The number of rotatable bonds is 11. The van der Waals surface area contributed by atoms with Gasteiger partial charge in [0.15, 0.2) is 0 Å². The van der Waals surface area contributed by atoms with Crippen molar-refractivity contribution in [1.29, 1.82) is 0 Å². The lowest BCUT2D eigenvalue weighted by Crippen LogP contribution is -2.28. The largest absolute Gasteiger partial charge is 0.491 e. The van der Waals surface area contributed by atoms with E-state index in [9.17, 15) is 0 Å². The predicted octanol–water partition coefficient (Wildman–Crippen LogP) is 3.30. The Morgan fingerprint density at radius 2 is 1.88 bits per heavy atom. The van der Waals surface area contributed by atoms with Gasteiger partial charge in [0, 0.05) is 24.5 Å². The van der Waals surface area contributed by atoms with Crippen molar-refractivity contribution in [2.24, 2.45) is 0 Å². The Morgan fingerprint density at radius 1 is 1.08 bits per heavy atom. The van der Waals surface area contributed by atoms with Crippen LogP contribution in [0, 0.1) is 0 Å². The maximum absolute atomic E-state index is 9.14. The first kappa shape index (κ1) is 19.7. The van der Waals surface area contributed by atoms with E-state index in [2.05, 4.69) is 17.4 Å². The topological polar surface area (TPSA) is 50.7 Å². The molecule has 0 saturated carbocycles. The van der Waals surface area contributed by atoms with Crippen molar-refractivity contribution in [3.05, 3.63) is 64.7 Å². The van der Waals surface area contributed by atoms with Crippen LogP contribution in [0.2, 0.25) is 5.02 Å². The molecule has 0 saturated heterocycles. The van der Waals surface area contributed by atoms with Gasteiger partial charge in [-0.2, -0.15) is 0 Å². The van der Waals surface area contributed by atoms with Crippen LogP contribution in [0.15, 0.2) is 48.5 Å². The Labute approximate surface area is 154 Å². The van der Waals surface area contributed by atoms with E-state index in [0.717, 1.165) is 17.7 Å². The molecule has 0 radical (unpaired) electrons. The third-order valence-corrected chi connectivity index (χ3v) is 3.84. The molecule has 0 unspecified atom stereocenters. The number of nitrogens with one attached hydrogen (secondary N) is 1. The molecular formula is C20H26ClNO3. The summed E-state index contributed by atoms with van der Waals surface area (Å²) < 4.78 is 11.4. The average Bonchev–Trinajstić information content (AvgIpc) is 2.59. The first-order valence-electron chi connectivity index (χ1n) is 8.57. The third-order valence-electron chi connectivity index (χ3n) is 3.61. The molecule has 4 nitrogen and oxygen atoms in total. The standard InChI is InChI=1S/C20H26ClNO3/c1-16(23)15-22-9-10-24-11-12-25-20-8-7-19(21)14-18(20)13-17-5-3-2-4-6-17/h2-8,14,16,22-23H,9-13,15H2,1H3/t16-/m1/s1. The maximum Gasteiger partial charge on any atom is 0.123 e. The van der Waals surface area contributed by atoms with Crippen molar-refractivity contribution >= 4 is 11.6 Å². The fraction of sp³-hybridized carbons (Fsp3) is 0.400. The number of hydrogen-bond donors (Lipinski definition) is 2. The Balaban J connectivity index is 1.76. The summed E-state index contributed by atoms with van der Waals surface area (Å²) in [5.74, 6) is 0.837. The Morgan fingerprint density at radius 3 is 2.64 bits per heavy atom. The lowest BCUT2D eigenvalue weighted by Gasteiger charge is -2.13. The second-order valence-corrected chi connectivity index (χ2v) is 6.36. The van der Waals surface area contributed by atoms with Gasteiger partial charge in [-0.3, -0.25) is 0 Å². The van der Waals surface area contributed by atoms with Crippen molar-refractivity contribution < 1.29 is 14.6 Å². The smallest absolute Gasteiger partial charge is 0.123 e. The lowest BCUT2D eigenvalue weighted by atomic mass is 10.0. The van der Waals surface area contributed by atoms with Crippen LogP contribution in [0.5, 0.6) is 5.75 Å². The summed E-state index contributed by atoms with van der Waals surface area (Å²) in [5, 5.41) is 13.0. The SMILES string of the molecule is C[C@@H](O)CNCCOCCOc1ccc(Cl)cc1Cc1ccccc1. The van der Waals surface area contributed by atoms with Crippen LogP contribution in [0.3, 0.4) is 0 Å². The molecular weight excluding hydrogens is 338 g/mol. The van der Waals surface area contributed by atoms with Gasteiger partial charge in [0.1, 0.15) is 12.4 Å². The zero-order valence-electron chi connectivity index (χ0n) is 14.6. The van der Waals surface area contributed by atoms with Crippen LogP contribution in [0.1, 0.15) is 18.1 Å².